The molecule has 2 aromatic rings. The van der Waals surface area contributed by atoms with Crippen LogP contribution in [0.2, 0.25) is 0 Å². The van der Waals surface area contributed by atoms with Gasteiger partial charge in [0.15, 0.2) is 0 Å². The highest BCUT2D eigenvalue weighted by molar-refractivity contribution is 6.22. The molecule has 0 atom stereocenters. The maximum absolute atomic E-state index is 12.2. The molecule has 0 radical (unpaired) electrons. The third kappa shape index (κ3) is 3.32. The number of nitrogens with zero attached hydrogens (tertiary/aromatic N) is 4. The lowest BCUT2D eigenvalue weighted by molar-refractivity contribution is -0.121. The molecule has 1 aliphatic rings. The van der Waals surface area contributed by atoms with Crippen LogP contribution in [0.25, 0.3) is 0 Å². The van der Waals surface area contributed by atoms with Crippen LogP contribution < -0.4 is 10.2 Å². The minimum absolute atomic E-state index is 0.115. The van der Waals surface area contributed by atoms with Crippen LogP contribution in [0.3, 0.4) is 0 Å². The second-order valence-corrected chi connectivity index (χ2v) is 5.74. The van der Waals surface area contributed by atoms with Crippen LogP contribution in [-0.4, -0.2) is 53.2 Å². The molecule has 3 amide bonds. The Kier molecular flexibility index (Phi) is 4.42. The van der Waals surface area contributed by atoms with Crippen LogP contribution in [0, 0.1) is 0 Å². The Morgan fingerprint density at radius 3 is 2.36 bits per heavy atom. The van der Waals surface area contributed by atoms with Gasteiger partial charge >= 0.3 is 0 Å². The van der Waals surface area contributed by atoms with Crippen molar-refractivity contribution >= 4 is 23.5 Å². The quantitative estimate of drug-likeness (QED) is 0.795. The average Bonchev–Trinajstić information content (AvgIpc) is 2.85. The highest BCUT2D eigenvalue weighted by Gasteiger charge is 2.36. The van der Waals surface area contributed by atoms with Gasteiger partial charge in [0.05, 0.1) is 17.7 Å². The highest BCUT2D eigenvalue weighted by atomic mass is 16.2. The van der Waals surface area contributed by atoms with E-state index in [1.165, 1.54) is 0 Å². The van der Waals surface area contributed by atoms with E-state index in [0.29, 0.717) is 17.0 Å². The highest BCUT2D eigenvalue weighted by Crippen LogP contribution is 2.21. The second kappa shape index (κ2) is 6.68. The molecular formula is C17H17N5O3. The topological polar surface area (TPSA) is 95.5 Å². The molecule has 8 heteroatoms. The molecule has 0 spiro atoms. The lowest BCUT2D eigenvalue weighted by Gasteiger charge is -2.14. The summed E-state index contributed by atoms with van der Waals surface area (Å²) in [5.41, 5.74) is 0.643. The van der Waals surface area contributed by atoms with E-state index in [2.05, 4.69) is 15.3 Å². The Labute approximate surface area is 144 Å². The Hall–Kier alpha value is -3.29. The van der Waals surface area contributed by atoms with E-state index in [1.807, 2.05) is 19.0 Å². The maximum atomic E-state index is 12.2. The van der Waals surface area contributed by atoms with Gasteiger partial charge in [-0.15, -0.1) is 0 Å². The summed E-state index contributed by atoms with van der Waals surface area (Å²) in [4.78, 5) is 47.7. The Balaban J connectivity index is 1.61. The molecular weight excluding hydrogens is 322 g/mol. The standard InChI is InChI=1S/C17H17N5O3/c1-21(2)14-7-8-18-13(20-14)9-19-15(23)10-22-16(24)11-5-3-4-6-12(11)17(22)25/h3-8H,9-10H2,1-2H3,(H,19,23). The minimum atomic E-state index is -0.457. The van der Waals surface area contributed by atoms with Gasteiger partial charge in [0.1, 0.15) is 18.2 Å². The van der Waals surface area contributed by atoms with Gasteiger partial charge in [0.25, 0.3) is 11.8 Å². The zero-order valence-corrected chi connectivity index (χ0v) is 13.9. The van der Waals surface area contributed by atoms with Gasteiger partial charge in [0.2, 0.25) is 5.91 Å². The van der Waals surface area contributed by atoms with Crippen molar-refractivity contribution in [2.45, 2.75) is 6.54 Å². The third-order valence-electron chi connectivity index (χ3n) is 3.77. The molecule has 1 N–H and O–H groups in total. The van der Waals surface area contributed by atoms with Crippen LogP contribution in [0.4, 0.5) is 5.82 Å². The number of carbonyl (C=O) groups excluding carboxylic acids is 3. The summed E-state index contributed by atoms with van der Waals surface area (Å²) in [7, 11) is 3.71. The number of hydrogen-bond acceptors (Lipinski definition) is 6. The van der Waals surface area contributed by atoms with E-state index in [0.717, 1.165) is 10.7 Å². The summed E-state index contributed by atoms with van der Waals surface area (Å²) in [6.07, 6.45) is 1.61. The van der Waals surface area contributed by atoms with Gasteiger partial charge in [-0.1, -0.05) is 12.1 Å². The Bertz CT molecular complexity index is 815. The monoisotopic (exact) mass is 339 g/mol. The molecule has 0 unspecified atom stereocenters. The van der Waals surface area contributed by atoms with Crippen LogP contribution in [0.1, 0.15) is 26.5 Å². The summed E-state index contributed by atoms with van der Waals surface area (Å²) >= 11 is 0. The zero-order chi connectivity index (χ0) is 18.0. The molecule has 0 bridgehead atoms. The minimum Gasteiger partial charge on any atom is -0.363 e. The van der Waals surface area contributed by atoms with E-state index in [1.54, 1.807) is 36.5 Å². The smallest absolute Gasteiger partial charge is 0.262 e. The Morgan fingerprint density at radius 1 is 1.12 bits per heavy atom. The first kappa shape index (κ1) is 16.6. The van der Waals surface area contributed by atoms with Crippen molar-refractivity contribution in [3.63, 3.8) is 0 Å². The first-order valence-electron chi connectivity index (χ1n) is 7.68. The van der Waals surface area contributed by atoms with Crippen LogP contribution in [-0.2, 0) is 11.3 Å². The fourth-order valence-electron chi connectivity index (χ4n) is 2.48. The van der Waals surface area contributed by atoms with Gasteiger partial charge < -0.3 is 10.2 Å². The molecule has 8 nitrogen and oxygen atoms in total. The van der Waals surface area contributed by atoms with Gasteiger partial charge in [-0.2, -0.15) is 0 Å². The molecule has 1 aromatic heterocycles. The molecule has 2 heterocycles. The van der Waals surface area contributed by atoms with Crippen molar-refractivity contribution in [3.05, 3.63) is 53.5 Å². The summed E-state index contributed by atoms with van der Waals surface area (Å²) in [5.74, 6) is -0.196. The first-order chi connectivity index (χ1) is 12.0. The van der Waals surface area contributed by atoms with Crippen LogP contribution >= 0.6 is 0 Å². The van der Waals surface area contributed by atoms with E-state index >= 15 is 0 Å². The number of nitrogens with one attached hydrogen (secondary N) is 1. The number of benzene rings is 1. The molecule has 0 saturated heterocycles. The molecule has 25 heavy (non-hydrogen) atoms. The number of hydrogen-bond donors (Lipinski definition) is 1. The van der Waals surface area contributed by atoms with Crippen LogP contribution in [0.5, 0.6) is 0 Å². The first-order valence-corrected chi connectivity index (χ1v) is 7.68. The number of anilines is 1. The van der Waals surface area contributed by atoms with Crippen molar-refractivity contribution in [1.29, 1.82) is 0 Å². The van der Waals surface area contributed by atoms with Gasteiger partial charge in [-0.25, -0.2) is 9.97 Å². The lowest BCUT2D eigenvalue weighted by atomic mass is 10.1. The van der Waals surface area contributed by atoms with Crippen molar-refractivity contribution in [1.82, 2.24) is 20.2 Å². The van der Waals surface area contributed by atoms with E-state index < -0.39 is 17.7 Å². The molecule has 0 saturated carbocycles. The van der Waals surface area contributed by atoms with Gasteiger partial charge in [-0.3, -0.25) is 19.3 Å². The van der Waals surface area contributed by atoms with E-state index in [9.17, 15) is 14.4 Å². The zero-order valence-electron chi connectivity index (χ0n) is 13.9. The fourth-order valence-corrected chi connectivity index (χ4v) is 2.48. The van der Waals surface area contributed by atoms with Crippen molar-refractivity contribution in [2.75, 3.05) is 25.5 Å². The summed E-state index contributed by atoms with van der Waals surface area (Å²) in [6, 6.07) is 8.28. The number of fused-ring (bicyclic) bond motifs is 1. The fraction of sp³-hybridized carbons (Fsp3) is 0.235. The maximum Gasteiger partial charge on any atom is 0.262 e. The molecule has 1 aliphatic heterocycles. The largest absolute Gasteiger partial charge is 0.363 e. The van der Waals surface area contributed by atoms with E-state index in [4.69, 9.17) is 0 Å². The predicted octanol–water partition coefficient (Wildman–Crippen LogP) is 0.455. The second-order valence-electron chi connectivity index (χ2n) is 5.74. The van der Waals surface area contributed by atoms with Crippen molar-refractivity contribution < 1.29 is 14.4 Å². The third-order valence-corrected chi connectivity index (χ3v) is 3.77. The summed E-state index contributed by atoms with van der Waals surface area (Å²) in [6.45, 7) is -0.219. The van der Waals surface area contributed by atoms with Crippen molar-refractivity contribution in [3.8, 4) is 0 Å². The molecule has 0 fully saturated rings. The molecule has 128 valence electrons. The number of rotatable bonds is 5. The van der Waals surface area contributed by atoms with Crippen molar-refractivity contribution in [2.24, 2.45) is 0 Å². The van der Waals surface area contributed by atoms with Crippen LogP contribution in [0.15, 0.2) is 36.5 Å². The van der Waals surface area contributed by atoms with Gasteiger partial charge in [0, 0.05) is 20.3 Å². The number of carbonyl (C=O) groups is 3. The Morgan fingerprint density at radius 2 is 1.76 bits per heavy atom. The molecule has 1 aromatic carbocycles. The van der Waals surface area contributed by atoms with Gasteiger partial charge in [-0.05, 0) is 18.2 Å². The molecule has 0 aliphatic carbocycles. The average molecular weight is 339 g/mol. The molecule has 3 rings (SSSR count). The lowest BCUT2D eigenvalue weighted by Crippen LogP contribution is -2.40. The normalized spacial score (nSPS) is 13.0. The number of aromatic nitrogens is 2. The van der Waals surface area contributed by atoms with E-state index in [-0.39, 0.29) is 13.1 Å². The number of imide groups is 1. The number of amides is 3. The summed E-state index contributed by atoms with van der Waals surface area (Å²) in [5, 5.41) is 2.63. The summed E-state index contributed by atoms with van der Waals surface area (Å²) < 4.78 is 0. The predicted molar refractivity (Wildman–Crippen MR) is 90.0 cm³/mol. The SMILES string of the molecule is CN(C)c1ccnc(CNC(=O)CN2C(=O)c3ccccc3C2=O)n1.